The summed E-state index contributed by atoms with van der Waals surface area (Å²) in [4.78, 5) is 19.6. The maximum absolute atomic E-state index is 12.3. The van der Waals surface area contributed by atoms with Gasteiger partial charge in [-0.3, -0.25) is 4.98 Å². The number of ether oxygens (including phenoxy) is 1. The van der Waals surface area contributed by atoms with Crippen LogP contribution in [0.2, 0.25) is 0 Å². The van der Waals surface area contributed by atoms with Gasteiger partial charge in [-0.25, -0.2) is 9.48 Å². The average molecular weight is 496 g/mol. The molecular formula is C30H33N5O2. The van der Waals surface area contributed by atoms with Gasteiger partial charge in [0, 0.05) is 17.6 Å². The highest BCUT2D eigenvalue weighted by atomic mass is 16.5. The van der Waals surface area contributed by atoms with Crippen molar-refractivity contribution in [2.75, 3.05) is 26.2 Å². The van der Waals surface area contributed by atoms with E-state index in [1.807, 2.05) is 4.68 Å². The molecule has 4 heterocycles. The molecule has 6 rings (SSSR count). The lowest BCUT2D eigenvalue weighted by molar-refractivity contribution is 0.0518. The minimum absolute atomic E-state index is 0.335. The van der Waals surface area contributed by atoms with Crippen molar-refractivity contribution in [2.45, 2.75) is 51.9 Å². The van der Waals surface area contributed by atoms with Crippen LogP contribution in [0.1, 0.15) is 64.2 Å². The topological polar surface area (TPSA) is 73.1 Å². The smallest absolute Gasteiger partial charge is 0.360 e. The van der Waals surface area contributed by atoms with Crippen molar-refractivity contribution >= 4 is 16.9 Å². The Hall–Kier alpha value is -3.58. The third-order valence-electron chi connectivity index (χ3n) is 7.95. The molecule has 37 heavy (non-hydrogen) atoms. The van der Waals surface area contributed by atoms with Crippen LogP contribution in [0, 0.1) is 6.92 Å². The lowest BCUT2D eigenvalue weighted by Gasteiger charge is -2.33. The summed E-state index contributed by atoms with van der Waals surface area (Å²) < 4.78 is 7.00. The molecule has 0 bridgehead atoms. The molecular weight excluding hydrogens is 462 g/mol. The van der Waals surface area contributed by atoms with Gasteiger partial charge in [0.15, 0.2) is 5.69 Å². The zero-order valence-electron chi connectivity index (χ0n) is 21.6. The number of pyridine rings is 1. The average Bonchev–Trinajstić information content (AvgIpc) is 3.37. The number of hydrogen-bond donors (Lipinski definition) is 0. The first-order chi connectivity index (χ1) is 18.1. The van der Waals surface area contributed by atoms with E-state index in [2.05, 4.69) is 70.7 Å². The van der Waals surface area contributed by atoms with Crippen LogP contribution in [0.25, 0.3) is 16.6 Å². The van der Waals surface area contributed by atoms with Crippen molar-refractivity contribution in [3.8, 4) is 5.69 Å². The molecule has 1 saturated heterocycles. The van der Waals surface area contributed by atoms with Gasteiger partial charge >= 0.3 is 5.97 Å². The van der Waals surface area contributed by atoms with Crippen LogP contribution >= 0.6 is 0 Å². The third kappa shape index (κ3) is 4.53. The summed E-state index contributed by atoms with van der Waals surface area (Å²) in [7, 11) is 0. The van der Waals surface area contributed by atoms with Crippen LogP contribution in [0.15, 0.2) is 48.5 Å². The first-order valence-corrected chi connectivity index (χ1v) is 13.4. The van der Waals surface area contributed by atoms with Gasteiger partial charge in [0.2, 0.25) is 0 Å². The summed E-state index contributed by atoms with van der Waals surface area (Å²) in [5.74, 6) is 0.204. The highest BCUT2D eigenvalue weighted by Crippen LogP contribution is 2.33. The monoisotopic (exact) mass is 495 g/mol. The molecule has 4 aromatic rings. The van der Waals surface area contributed by atoms with Crippen molar-refractivity contribution in [1.29, 1.82) is 0 Å². The second-order valence-corrected chi connectivity index (χ2v) is 10.2. The molecule has 7 heteroatoms. The summed E-state index contributed by atoms with van der Waals surface area (Å²) in [6, 6.07) is 17.4. The first kappa shape index (κ1) is 23.8. The van der Waals surface area contributed by atoms with Crippen LogP contribution in [0.5, 0.6) is 0 Å². The number of likely N-dealkylation sites (tertiary alicyclic amines) is 1. The molecule has 2 aliphatic rings. The highest BCUT2D eigenvalue weighted by Gasteiger charge is 2.27. The summed E-state index contributed by atoms with van der Waals surface area (Å²) in [5.41, 5.74) is 8.56. The molecule has 0 saturated carbocycles. The van der Waals surface area contributed by atoms with Gasteiger partial charge in [-0.05, 0) is 99.8 Å². The Bertz CT molecular complexity index is 1450. The summed E-state index contributed by atoms with van der Waals surface area (Å²) in [6.45, 7) is 7.48. The molecule has 190 valence electrons. The van der Waals surface area contributed by atoms with E-state index < -0.39 is 0 Å². The van der Waals surface area contributed by atoms with Crippen LogP contribution in [-0.2, 0) is 24.0 Å². The molecule has 2 aromatic carbocycles. The molecule has 0 unspecified atom stereocenters. The Balaban J connectivity index is 1.12. The van der Waals surface area contributed by atoms with E-state index in [1.165, 1.54) is 34.9 Å². The zero-order valence-corrected chi connectivity index (χ0v) is 21.6. The van der Waals surface area contributed by atoms with Gasteiger partial charge in [0.05, 0.1) is 23.5 Å². The van der Waals surface area contributed by atoms with Gasteiger partial charge < -0.3 is 9.64 Å². The number of aryl methyl sites for hydroxylation is 1. The van der Waals surface area contributed by atoms with Crippen molar-refractivity contribution < 1.29 is 9.53 Å². The first-order valence-electron chi connectivity index (χ1n) is 13.4. The Morgan fingerprint density at radius 2 is 1.89 bits per heavy atom. The van der Waals surface area contributed by atoms with E-state index in [1.54, 1.807) is 6.92 Å². The third-order valence-corrected chi connectivity index (χ3v) is 7.95. The van der Waals surface area contributed by atoms with Crippen molar-refractivity contribution in [3.63, 3.8) is 0 Å². The minimum Gasteiger partial charge on any atom is -0.461 e. The number of benzene rings is 2. The van der Waals surface area contributed by atoms with Gasteiger partial charge in [-0.1, -0.05) is 35.5 Å². The van der Waals surface area contributed by atoms with Crippen LogP contribution in [0.4, 0.5) is 0 Å². The largest absolute Gasteiger partial charge is 0.461 e. The Morgan fingerprint density at radius 1 is 1.05 bits per heavy atom. The molecule has 2 aromatic heterocycles. The molecule has 0 spiro atoms. The number of fused-ring (bicyclic) bond motifs is 4. The van der Waals surface area contributed by atoms with E-state index in [4.69, 9.17) is 9.72 Å². The minimum atomic E-state index is -0.387. The fourth-order valence-electron chi connectivity index (χ4n) is 6.05. The van der Waals surface area contributed by atoms with Gasteiger partial charge in [0.25, 0.3) is 0 Å². The Morgan fingerprint density at radius 3 is 2.73 bits per heavy atom. The van der Waals surface area contributed by atoms with E-state index in [9.17, 15) is 4.79 Å². The van der Waals surface area contributed by atoms with Gasteiger partial charge in [0.1, 0.15) is 0 Å². The molecule has 0 atom stereocenters. The summed E-state index contributed by atoms with van der Waals surface area (Å²) in [5, 5.41) is 9.76. The van der Waals surface area contributed by atoms with E-state index in [0.29, 0.717) is 18.2 Å². The number of rotatable bonds is 6. The van der Waals surface area contributed by atoms with Crippen LogP contribution in [0.3, 0.4) is 0 Å². The quantitative estimate of drug-likeness (QED) is 0.357. The molecule has 2 aliphatic heterocycles. The predicted molar refractivity (Wildman–Crippen MR) is 143 cm³/mol. The molecule has 1 fully saturated rings. The molecule has 0 radical (unpaired) electrons. The lowest BCUT2D eigenvalue weighted by atomic mass is 9.87. The Kier molecular flexibility index (Phi) is 6.47. The van der Waals surface area contributed by atoms with Crippen LogP contribution in [-0.4, -0.2) is 57.1 Å². The molecule has 7 nitrogen and oxygen atoms in total. The molecule has 0 N–H and O–H groups in total. The van der Waals surface area contributed by atoms with Gasteiger partial charge in [-0.15, -0.1) is 5.10 Å². The lowest BCUT2D eigenvalue weighted by Crippen LogP contribution is -2.34. The summed E-state index contributed by atoms with van der Waals surface area (Å²) in [6.07, 6.45) is 5.01. The maximum Gasteiger partial charge on any atom is 0.360 e. The Labute approximate surface area is 217 Å². The van der Waals surface area contributed by atoms with Crippen molar-refractivity contribution in [1.82, 2.24) is 24.9 Å². The van der Waals surface area contributed by atoms with Crippen molar-refractivity contribution in [3.05, 3.63) is 82.3 Å². The second kappa shape index (κ2) is 10.1. The number of carbonyl (C=O) groups is 1. The number of carbonyl (C=O) groups excluding carboxylic acids is 1. The van der Waals surface area contributed by atoms with Crippen molar-refractivity contribution in [2.24, 2.45) is 0 Å². The SMILES string of the molecule is CCOC(=O)c1nnn2c1CCc1c(CCN3CCC(c4cccc5nc(C)ccc45)CC3)cccc1-2. The van der Waals surface area contributed by atoms with E-state index in [-0.39, 0.29) is 5.97 Å². The van der Waals surface area contributed by atoms with E-state index in [0.717, 1.165) is 61.5 Å². The normalized spacial score (nSPS) is 15.9. The number of esters is 1. The summed E-state index contributed by atoms with van der Waals surface area (Å²) >= 11 is 0. The highest BCUT2D eigenvalue weighted by molar-refractivity contribution is 5.88. The standard InChI is InChI=1S/C30H33N5O2/c1-3-37-30(36)29-28-13-12-24-21(6-4-9-27(24)35(28)33-32-29)14-17-34-18-15-22(16-19-34)23-7-5-8-26-25(23)11-10-20(2)31-26/h4-11,22H,3,12-19H2,1-2H3. The zero-order chi connectivity index (χ0) is 25.4. The number of hydrogen-bond acceptors (Lipinski definition) is 6. The van der Waals surface area contributed by atoms with Gasteiger partial charge in [-0.2, -0.15) is 0 Å². The second-order valence-electron chi connectivity index (χ2n) is 10.2. The molecule has 0 amide bonds. The number of aromatic nitrogens is 4. The predicted octanol–water partition coefficient (Wildman–Crippen LogP) is 4.82. The fourth-order valence-corrected chi connectivity index (χ4v) is 6.05. The number of piperidine rings is 1. The van der Waals surface area contributed by atoms with Crippen LogP contribution < -0.4 is 0 Å². The van der Waals surface area contributed by atoms with E-state index >= 15 is 0 Å². The fraction of sp³-hybridized carbons (Fsp3) is 0.400. The molecule has 0 aliphatic carbocycles. The number of nitrogens with zero attached hydrogens (tertiary/aromatic N) is 5. The maximum atomic E-state index is 12.3.